The molecular weight excluding hydrogens is 316 g/mol. The highest BCUT2D eigenvalue weighted by atomic mass is 32.2. The third-order valence-corrected chi connectivity index (χ3v) is 4.06. The number of anilines is 1. The third kappa shape index (κ3) is 3.39. The largest absolute Gasteiger partial charge is 0.325 e. The number of carbonyl (C=O) groups excluding carboxylic acids is 1. The van der Waals surface area contributed by atoms with E-state index in [0.717, 1.165) is 23.9 Å². The van der Waals surface area contributed by atoms with Crippen LogP contribution in [0, 0.1) is 0 Å². The highest BCUT2D eigenvalue weighted by molar-refractivity contribution is 7.99. The number of rotatable bonds is 5. The molecule has 1 aromatic carbocycles. The van der Waals surface area contributed by atoms with Crippen LogP contribution in [0.15, 0.2) is 40.4 Å². The van der Waals surface area contributed by atoms with Gasteiger partial charge in [0.05, 0.1) is 5.75 Å². The van der Waals surface area contributed by atoms with Crippen molar-refractivity contribution in [3.05, 3.63) is 46.4 Å². The summed E-state index contributed by atoms with van der Waals surface area (Å²) in [4.78, 5) is 25.8. The molecule has 0 unspecified atom stereocenters. The van der Waals surface area contributed by atoms with Gasteiger partial charge in [0.2, 0.25) is 11.1 Å². The summed E-state index contributed by atoms with van der Waals surface area (Å²) in [5.74, 6) is 0.272. The number of nitrogens with one attached hydrogen (secondary N) is 2. The Kier molecular flexibility index (Phi) is 4.38. The van der Waals surface area contributed by atoms with E-state index >= 15 is 0 Å². The molecule has 2 heterocycles. The van der Waals surface area contributed by atoms with Gasteiger partial charge >= 0.3 is 0 Å². The molecule has 3 rings (SSSR count). The summed E-state index contributed by atoms with van der Waals surface area (Å²) >= 11 is 1.20. The average Bonchev–Trinajstić information content (AvgIpc) is 2.95. The van der Waals surface area contributed by atoms with Crippen molar-refractivity contribution in [1.29, 1.82) is 0 Å². The van der Waals surface area contributed by atoms with Crippen LogP contribution in [0.5, 0.6) is 0 Å². The molecule has 0 saturated carbocycles. The number of carbonyl (C=O) groups is 1. The number of aromatic nitrogens is 5. The zero-order valence-corrected chi connectivity index (χ0v) is 13.1. The van der Waals surface area contributed by atoms with Crippen LogP contribution >= 0.6 is 11.8 Å². The molecule has 23 heavy (non-hydrogen) atoms. The number of H-pyrrole nitrogens is 1. The maximum Gasteiger partial charge on any atom is 0.271 e. The number of nitrogens with zero attached hydrogens (tertiary/aromatic N) is 4. The molecule has 2 N–H and O–H groups in total. The lowest BCUT2D eigenvalue weighted by atomic mass is 10.1. The predicted molar refractivity (Wildman–Crippen MR) is 86.6 cm³/mol. The number of fused-ring (bicyclic) bond motifs is 1. The monoisotopic (exact) mass is 330 g/mol. The van der Waals surface area contributed by atoms with Gasteiger partial charge in [0, 0.05) is 5.69 Å². The number of para-hydroxylation sites is 1. The lowest BCUT2D eigenvalue weighted by Gasteiger charge is -2.08. The molecule has 3 aromatic rings. The molecule has 0 aliphatic heterocycles. The third-order valence-electron chi connectivity index (χ3n) is 3.14. The zero-order chi connectivity index (χ0) is 16.2. The molecule has 0 radical (unpaired) electrons. The number of amides is 1. The predicted octanol–water partition coefficient (Wildman–Crippen LogP) is 1.11. The van der Waals surface area contributed by atoms with Crippen LogP contribution in [0.25, 0.3) is 5.78 Å². The highest BCUT2D eigenvalue weighted by Gasteiger charge is 2.11. The van der Waals surface area contributed by atoms with Crippen LogP contribution in [0.4, 0.5) is 5.69 Å². The minimum Gasteiger partial charge on any atom is -0.325 e. The maximum atomic E-state index is 12.1. The van der Waals surface area contributed by atoms with Crippen molar-refractivity contribution in [3.63, 3.8) is 0 Å². The van der Waals surface area contributed by atoms with Gasteiger partial charge in [-0.25, -0.2) is 0 Å². The van der Waals surface area contributed by atoms with E-state index in [1.54, 1.807) is 0 Å². The molecule has 0 spiro atoms. The number of aryl methyl sites for hydroxylation is 1. The van der Waals surface area contributed by atoms with Crippen molar-refractivity contribution in [2.75, 3.05) is 11.1 Å². The van der Waals surface area contributed by atoms with Gasteiger partial charge in [-0.3, -0.25) is 14.6 Å². The van der Waals surface area contributed by atoms with Gasteiger partial charge in [0.25, 0.3) is 11.3 Å². The Labute approximate surface area is 135 Å². The summed E-state index contributed by atoms with van der Waals surface area (Å²) in [7, 11) is 0. The van der Waals surface area contributed by atoms with Crippen LogP contribution in [-0.4, -0.2) is 36.5 Å². The number of aromatic amines is 1. The van der Waals surface area contributed by atoms with E-state index in [1.165, 1.54) is 16.3 Å². The fourth-order valence-electron chi connectivity index (χ4n) is 2.06. The molecule has 1 amide bonds. The second-order valence-electron chi connectivity index (χ2n) is 4.70. The molecule has 0 aliphatic rings. The Balaban J connectivity index is 1.67. The molecule has 0 bridgehead atoms. The first-order valence-electron chi connectivity index (χ1n) is 6.98. The first-order valence-corrected chi connectivity index (χ1v) is 7.97. The Morgan fingerprint density at radius 3 is 3.00 bits per heavy atom. The minimum absolute atomic E-state index is 0.142. The van der Waals surface area contributed by atoms with E-state index in [9.17, 15) is 9.59 Å². The van der Waals surface area contributed by atoms with Crippen LogP contribution in [0.1, 0.15) is 12.5 Å². The van der Waals surface area contributed by atoms with Gasteiger partial charge in [-0.05, 0) is 18.1 Å². The molecule has 0 saturated heterocycles. The van der Waals surface area contributed by atoms with Crippen molar-refractivity contribution >= 4 is 29.1 Å². The van der Waals surface area contributed by atoms with Gasteiger partial charge in [0.15, 0.2) is 0 Å². The van der Waals surface area contributed by atoms with Crippen molar-refractivity contribution in [2.24, 2.45) is 0 Å². The van der Waals surface area contributed by atoms with Gasteiger partial charge in [-0.15, -0.1) is 10.2 Å². The highest BCUT2D eigenvalue weighted by Crippen LogP contribution is 2.18. The average molecular weight is 330 g/mol. The summed E-state index contributed by atoms with van der Waals surface area (Å²) < 4.78 is 1.39. The molecular formula is C14H14N6O2S. The summed E-state index contributed by atoms with van der Waals surface area (Å²) in [6, 6.07) is 7.68. The maximum absolute atomic E-state index is 12.1. The number of hydrogen-bond acceptors (Lipinski definition) is 6. The SMILES string of the molecule is CCc1ccccc1NC(=O)CSc1nnc2[nH]c(=O)cnn12. The fraction of sp³-hybridized carbons (Fsp3) is 0.214. The Morgan fingerprint density at radius 1 is 1.35 bits per heavy atom. The molecule has 0 aliphatic carbocycles. The van der Waals surface area contributed by atoms with Crippen LogP contribution in [0.2, 0.25) is 0 Å². The van der Waals surface area contributed by atoms with Crippen LogP contribution in [-0.2, 0) is 11.2 Å². The summed E-state index contributed by atoms with van der Waals surface area (Å²) in [5, 5.41) is 15.0. The normalized spacial score (nSPS) is 10.8. The molecule has 8 nitrogen and oxygen atoms in total. The molecule has 0 atom stereocenters. The quantitative estimate of drug-likeness (QED) is 0.679. The molecule has 0 fully saturated rings. The standard InChI is InChI=1S/C14H14N6O2S/c1-2-9-5-3-4-6-10(9)16-12(22)8-23-14-19-18-13-17-11(21)7-15-20(13)14/h3-7H,2,8H2,1H3,(H,16,22)(H,17,18,21). The van der Waals surface area contributed by atoms with Gasteiger partial charge in [0.1, 0.15) is 6.20 Å². The van der Waals surface area contributed by atoms with E-state index in [0.29, 0.717) is 5.16 Å². The Morgan fingerprint density at radius 2 is 2.17 bits per heavy atom. The fourth-order valence-corrected chi connectivity index (χ4v) is 2.74. The summed E-state index contributed by atoms with van der Waals surface area (Å²) in [6.45, 7) is 2.04. The topological polar surface area (TPSA) is 105 Å². The molecule has 118 valence electrons. The lowest BCUT2D eigenvalue weighted by Crippen LogP contribution is -2.15. The van der Waals surface area contributed by atoms with Crippen molar-refractivity contribution in [1.82, 2.24) is 24.8 Å². The van der Waals surface area contributed by atoms with Gasteiger partial charge < -0.3 is 5.32 Å². The summed E-state index contributed by atoms with van der Waals surface area (Å²) in [5.41, 5.74) is 1.54. The summed E-state index contributed by atoms with van der Waals surface area (Å²) in [6.07, 6.45) is 1.98. The van der Waals surface area contributed by atoms with Crippen molar-refractivity contribution in [3.8, 4) is 0 Å². The Hall–Kier alpha value is -2.68. The van der Waals surface area contributed by atoms with Crippen LogP contribution in [0.3, 0.4) is 0 Å². The van der Waals surface area contributed by atoms with Crippen molar-refractivity contribution < 1.29 is 4.79 Å². The molecule has 2 aromatic heterocycles. The van der Waals surface area contributed by atoms with E-state index in [2.05, 4.69) is 25.6 Å². The number of benzene rings is 1. The molecule has 9 heteroatoms. The Bertz CT molecular complexity index is 903. The minimum atomic E-state index is -0.352. The number of thioether (sulfide) groups is 1. The van der Waals surface area contributed by atoms with Gasteiger partial charge in [-0.2, -0.15) is 9.61 Å². The van der Waals surface area contributed by atoms with Crippen LogP contribution < -0.4 is 10.9 Å². The zero-order valence-electron chi connectivity index (χ0n) is 12.3. The second kappa shape index (κ2) is 6.61. The van der Waals surface area contributed by atoms with E-state index in [1.807, 2.05) is 31.2 Å². The first kappa shape index (κ1) is 15.2. The number of hydrogen-bond donors (Lipinski definition) is 2. The second-order valence-corrected chi connectivity index (χ2v) is 5.64. The first-order chi connectivity index (χ1) is 11.2. The van der Waals surface area contributed by atoms with Gasteiger partial charge in [-0.1, -0.05) is 36.9 Å². The van der Waals surface area contributed by atoms with Crippen molar-refractivity contribution in [2.45, 2.75) is 18.5 Å². The lowest BCUT2D eigenvalue weighted by molar-refractivity contribution is -0.113. The van der Waals surface area contributed by atoms with E-state index < -0.39 is 0 Å². The smallest absolute Gasteiger partial charge is 0.271 e. The van der Waals surface area contributed by atoms with E-state index in [4.69, 9.17) is 0 Å². The van der Waals surface area contributed by atoms with E-state index in [-0.39, 0.29) is 23.0 Å².